The number of fused-ring (bicyclic) bond motifs is 3. The van der Waals surface area contributed by atoms with Crippen molar-refractivity contribution in [3.8, 4) is 5.75 Å². The van der Waals surface area contributed by atoms with E-state index in [0.717, 1.165) is 23.4 Å². The first-order valence-corrected chi connectivity index (χ1v) is 11.5. The monoisotopic (exact) mass is 511 g/mol. The van der Waals surface area contributed by atoms with Crippen LogP contribution in [0.15, 0.2) is 18.2 Å². The molecule has 0 radical (unpaired) electrons. The first kappa shape index (κ1) is 23.8. The molecule has 1 saturated heterocycles. The number of aromatic nitrogens is 3. The molecule has 2 unspecified atom stereocenters. The van der Waals surface area contributed by atoms with Gasteiger partial charge in [0.25, 0.3) is 5.91 Å². The van der Waals surface area contributed by atoms with Crippen molar-refractivity contribution in [3.05, 3.63) is 57.2 Å². The van der Waals surface area contributed by atoms with E-state index in [4.69, 9.17) is 16.3 Å². The van der Waals surface area contributed by atoms with Gasteiger partial charge in [-0.3, -0.25) is 4.79 Å². The topological polar surface area (TPSA) is 71.8 Å². The minimum atomic E-state index is -4.42. The van der Waals surface area contributed by atoms with E-state index < -0.39 is 30.0 Å². The van der Waals surface area contributed by atoms with Crippen molar-refractivity contribution in [2.75, 3.05) is 6.54 Å². The molecule has 0 spiro atoms. The van der Waals surface area contributed by atoms with E-state index in [1.165, 1.54) is 11.0 Å². The summed E-state index contributed by atoms with van der Waals surface area (Å²) >= 11 is 6.28. The quantitative estimate of drug-likeness (QED) is 0.529. The molecule has 1 N–H and O–H groups in total. The summed E-state index contributed by atoms with van der Waals surface area (Å²) in [4.78, 5) is 19.4. The Morgan fingerprint density at radius 3 is 2.77 bits per heavy atom. The number of nitrogens with zero attached hydrogens (tertiary/aromatic N) is 4. The number of carbonyl (C=O) groups is 1. The summed E-state index contributed by atoms with van der Waals surface area (Å²) in [5, 5.41) is 7.50. The molecule has 4 heterocycles. The van der Waals surface area contributed by atoms with Crippen LogP contribution in [0.25, 0.3) is 5.65 Å². The lowest BCUT2D eigenvalue weighted by molar-refractivity contribution is -0.166. The number of benzene rings is 1. The second kappa shape index (κ2) is 8.63. The van der Waals surface area contributed by atoms with E-state index in [9.17, 15) is 22.4 Å². The summed E-state index contributed by atoms with van der Waals surface area (Å²) in [7, 11) is 0. The molecular formula is C23H22ClF4N5O2. The highest BCUT2D eigenvalue weighted by Crippen LogP contribution is 2.33. The summed E-state index contributed by atoms with van der Waals surface area (Å²) in [6, 6.07) is 1.75. The molecule has 5 rings (SSSR count). The third kappa shape index (κ3) is 4.31. The Morgan fingerprint density at radius 2 is 2.03 bits per heavy atom. The molecule has 7 nitrogen and oxygen atoms in total. The zero-order valence-corrected chi connectivity index (χ0v) is 19.7. The van der Waals surface area contributed by atoms with Gasteiger partial charge in [0, 0.05) is 18.1 Å². The molecule has 0 saturated carbocycles. The number of halogens is 5. The van der Waals surface area contributed by atoms with Crippen molar-refractivity contribution >= 4 is 23.2 Å². The largest absolute Gasteiger partial charge is 0.489 e. The van der Waals surface area contributed by atoms with Gasteiger partial charge in [0.15, 0.2) is 5.65 Å². The number of nitrogens with one attached hydrogen (secondary N) is 1. The lowest BCUT2D eigenvalue weighted by Crippen LogP contribution is -2.50. The first-order chi connectivity index (χ1) is 16.5. The Hall–Kier alpha value is -2.92. The van der Waals surface area contributed by atoms with Gasteiger partial charge in [-0.15, -0.1) is 0 Å². The Morgan fingerprint density at radius 1 is 1.26 bits per heavy atom. The molecule has 2 atom stereocenters. The number of amides is 1. The Kier molecular flexibility index (Phi) is 5.87. The molecule has 1 fully saturated rings. The van der Waals surface area contributed by atoms with E-state index in [1.807, 2.05) is 6.92 Å². The summed E-state index contributed by atoms with van der Waals surface area (Å²) in [6.45, 7) is 4.16. The predicted molar refractivity (Wildman–Crippen MR) is 119 cm³/mol. The van der Waals surface area contributed by atoms with Gasteiger partial charge in [-0.25, -0.2) is 13.9 Å². The number of ether oxygens (including phenoxy) is 1. The van der Waals surface area contributed by atoms with E-state index >= 15 is 0 Å². The van der Waals surface area contributed by atoms with Gasteiger partial charge < -0.3 is 15.0 Å². The number of hydrogen-bond acceptors (Lipinski definition) is 5. The van der Waals surface area contributed by atoms with Gasteiger partial charge in [0.05, 0.1) is 40.8 Å². The molecule has 2 aliphatic rings. The zero-order valence-electron chi connectivity index (χ0n) is 18.9. The van der Waals surface area contributed by atoms with Gasteiger partial charge >= 0.3 is 6.18 Å². The SMILES string of the molecule is Cc1nc2c3c(nn2c(C)c1Cl)CN(C(=O)c1ccc(F)cc1OC1CCNC(C(F)(F)F)C1)C3. The lowest BCUT2D eigenvalue weighted by atomic mass is 10.0. The number of alkyl halides is 3. The van der Waals surface area contributed by atoms with E-state index in [-0.39, 0.29) is 37.4 Å². The number of piperidine rings is 1. The van der Waals surface area contributed by atoms with Gasteiger partial charge in [0.2, 0.25) is 0 Å². The van der Waals surface area contributed by atoms with Crippen molar-refractivity contribution in [1.29, 1.82) is 0 Å². The van der Waals surface area contributed by atoms with Crippen LogP contribution in [0.2, 0.25) is 5.02 Å². The van der Waals surface area contributed by atoms with Crippen LogP contribution in [0, 0.1) is 19.7 Å². The molecule has 35 heavy (non-hydrogen) atoms. The van der Waals surface area contributed by atoms with Crippen LogP contribution < -0.4 is 10.1 Å². The minimum Gasteiger partial charge on any atom is -0.489 e. The predicted octanol–water partition coefficient (Wildman–Crippen LogP) is 4.36. The molecule has 2 aliphatic heterocycles. The Bertz CT molecular complexity index is 1330. The molecule has 1 aromatic carbocycles. The number of rotatable bonds is 3. The van der Waals surface area contributed by atoms with Crippen LogP contribution in [0.4, 0.5) is 17.6 Å². The lowest BCUT2D eigenvalue weighted by Gasteiger charge is -2.32. The molecule has 0 bridgehead atoms. The summed E-state index contributed by atoms with van der Waals surface area (Å²) in [5.74, 6) is -1.15. The van der Waals surface area contributed by atoms with Crippen LogP contribution in [0.1, 0.15) is 45.8 Å². The average molecular weight is 512 g/mol. The van der Waals surface area contributed by atoms with E-state index in [0.29, 0.717) is 28.5 Å². The second-order valence-electron chi connectivity index (χ2n) is 8.87. The van der Waals surface area contributed by atoms with E-state index in [1.54, 1.807) is 11.4 Å². The molecule has 3 aromatic rings. The fourth-order valence-corrected chi connectivity index (χ4v) is 4.74. The summed E-state index contributed by atoms with van der Waals surface area (Å²) in [6.07, 6.45) is -5.25. The minimum absolute atomic E-state index is 0.0711. The maximum absolute atomic E-state index is 14.0. The third-order valence-electron chi connectivity index (χ3n) is 6.46. The maximum atomic E-state index is 14.0. The van der Waals surface area contributed by atoms with Crippen molar-refractivity contribution in [2.24, 2.45) is 0 Å². The molecular weight excluding hydrogens is 490 g/mol. The summed E-state index contributed by atoms with van der Waals surface area (Å²) in [5.41, 5.74) is 3.55. The van der Waals surface area contributed by atoms with Crippen LogP contribution in [-0.4, -0.2) is 50.3 Å². The maximum Gasteiger partial charge on any atom is 0.403 e. The van der Waals surface area contributed by atoms with Gasteiger partial charge in [-0.2, -0.15) is 18.3 Å². The number of aryl methyl sites for hydroxylation is 2. The highest BCUT2D eigenvalue weighted by molar-refractivity contribution is 6.31. The Labute approximate surface area is 203 Å². The highest BCUT2D eigenvalue weighted by atomic mass is 35.5. The van der Waals surface area contributed by atoms with Crippen LogP contribution >= 0.6 is 11.6 Å². The summed E-state index contributed by atoms with van der Waals surface area (Å²) < 4.78 is 60.9. The standard InChI is InChI=1S/C23H22ClF4N5O2/c1-11-20(24)12(2)33-21(30-11)16-9-32(10-17(16)31-33)22(34)15-4-3-13(25)7-18(15)35-14-5-6-29-19(8-14)23(26,27)28/h3-4,7,14,19,29H,5-6,8-10H2,1-2H3. The fraction of sp³-hybridized carbons (Fsp3) is 0.435. The Balaban J connectivity index is 1.39. The third-order valence-corrected chi connectivity index (χ3v) is 7.01. The molecule has 12 heteroatoms. The van der Waals surface area contributed by atoms with Crippen molar-refractivity contribution < 1.29 is 27.1 Å². The van der Waals surface area contributed by atoms with Crippen LogP contribution in [0.3, 0.4) is 0 Å². The first-order valence-electron chi connectivity index (χ1n) is 11.1. The van der Waals surface area contributed by atoms with Gasteiger partial charge in [-0.05, 0) is 38.9 Å². The molecule has 0 aliphatic carbocycles. The smallest absolute Gasteiger partial charge is 0.403 e. The zero-order chi connectivity index (χ0) is 25.1. The van der Waals surface area contributed by atoms with Gasteiger partial charge in [-0.1, -0.05) is 11.6 Å². The highest BCUT2D eigenvalue weighted by Gasteiger charge is 2.43. The van der Waals surface area contributed by atoms with Gasteiger partial charge in [0.1, 0.15) is 23.7 Å². The molecule has 2 aromatic heterocycles. The van der Waals surface area contributed by atoms with Crippen molar-refractivity contribution in [2.45, 2.75) is 58.1 Å². The van der Waals surface area contributed by atoms with Crippen molar-refractivity contribution in [3.63, 3.8) is 0 Å². The van der Waals surface area contributed by atoms with Crippen LogP contribution in [0.5, 0.6) is 5.75 Å². The molecule has 1 amide bonds. The normalized spacial score (nSPS) is 20.4. The number of carbonyl (C=O) groups excluding carboxylic acids is 1. The number of hydrogen-bond donors (Lipinski definition) is 1. The van der Waals surface area contributed by atoms with Crippen LogP contribution in [-0.2, 0) is 13.1 Å². The second-order valence-corrected chi connectivity index (χ2v) is 9.25. The average Bonchev–Trinajstić information content (AvgIpc) is 3.36. The van der Waals surface area contributed by atoms with Crippen molar-refractivity contribution in [1.82, 2.24) is 24.8 Å². The fourth-order valence-electron chi connectivity index (χ4n) is 4.62. The van der Waals surface area contributed by atoms with E-state index in [2.05, 4.69) is 15.4 Å². The molecule has 186 valence electrons.